The van der Waals surface area contributed by atoms with E-state index < -0.39 is 0 Å². The molecule has 26 heavy (non-hydrogen) atoms. The summed E-state index contributed by atoms with van der Waals surface area (Å²) in [5.41, 5.74) is 1.84. The van der Waals surface area contributed by atoms with Crippen molar-refractivity contribution in [1.29, 1.82) is 0 Å². The van der Waals surface area contributed by atoms with Gasteiger partial charge in [-0.05, 0) is 23.6 Å². The molecule has 0 aliphatic rings. The van der Waals surface area contributed by atoms with E-state index in [1.165, 1.54) is 11.8 Å². The molecule has 0 spiro atoms. The number of nitrogens with zero attached hydrogens (tertiary/aromatic N) is 5. The van der Waals surface area contributed by atoms with Crippen molar-refractivity contribution >= 4 is 23.1 Å². The topological polar surface area (TPSA) is 78.9 Å². The molecule has 0 radical (unpaired) electrons. The number of hydrogen-bond donors (Lipinski definition) is 0. The Morgan fingerprint density at radius 3 is 2.92 bits per heavy atom. The minimum atomic E-state index is 0.537. The molecule has 0 unspecified atom stereocenters. The monoisotopic (exact) mass is 385 g/mol. The van der Waals surface area contributed by atoms with E-state index in [-0.39, 0.29) is 0 Å². The van der Waals surface area contributed by atoms with Gasteiger partial charge in [0.15, 0.2) is 16.8 Å². The van der Waals surface area contributed by atoms with Crippen LogP contribution in [0.1, 0.15) is 5.82 Å². The number of thioether (sulfide) groups is 1. The van der Waals surface area contributed by atoms with Crippen molar-refractivity contribution in [2.45, 2.75) is 10.9 Å². The van der Waals surface area contributed by atoms with Gasteiger partial charge in [-0.25, -0.2) is 0 Å². The summed E-state index contributed by atoms with van der Waals surface area (Å²) >= 11 is 3.10. The van der Waals surface area contributed by atoms with Crippen LogP contribution in [0.4, 0.5) is 0 Å². The lowest BCUT2D eigenvalue weighted by Gasteiger charge is -2.07. The molecule has 4 aromatic rings. The Hall–Kier alpha value is -2.65. The maximum absolute atomic E-state index is 5.41. The van der Waals surface area contributed by atoms with Crippen molar-refractivity contribution in [2.24, 2.45) is 7.05 Å². The van der Waals surface area contributed by atoms with Crippen LogP contribution in [-0.2, 0) is 12.8 Å². The largest absolute Gasteiger partial charge is 0.496 e. The molecule has 3 heterocycles. The number of para-hydroxylation sites is 1. The number of rotatable bonds is 6. The first kappa shape index (κ1) is 16.8. The highest BCUT2D eigenvalue weighted by atomic mass is 32.2. The average Bonchev–Trinajstić information content (AvgIpc) is 3.41. The molecule has 0 aliphatic heterocycles. The molecule has 0 amide bonds. The lowest BCUT2D eigenvalue weighted by Crippen LogP contribution is -1.97. The van der Waals surface area contributed by atoms with E-state index in [1.54, 1.807) is 18.4 Å². The van der Waals surface area contributed by atoms with Gasteiger partial charge < -0.3 is 13.8 Å². The SMILES string of the molecule is COc1ccccc1-c1nnc(SCc2noc(-c3ccsc3)n2)n1C. The van der Waals surface area contributed by atoms with Gasteiger partial charge in [0.25, 0.3) is 5.89 Å². The number of aromatic nitrogens is 5. The molecular weight excluding hydrogens is 370 g/mol. The molecule has 9 heteroatoms. The third-order valence-electron chi connectivity index (χ3n) is 3.75. The molecule has 3 aromatic heterocycles. The van der Waals surface area contributed by atoms with Crippen molar-refractivity contribution < 1.29 is 9.26 Å². The summed E-state index contributed by atoms with van der Waals surface area (Å²) in [5.74, 6) is 3.22. The van der Waals surface area contributed by atoms with Crippen molar-refractivity contribution in [1.82, 2.24) is 24.9 Å². The highest BCUT2D eigenvalue weighted by Gasteiger charge is 2.16. The van der Waals surface area contributed by atoms with Crippen molar-refractivity contribution in [2.75, 3.05) is 7.11 Å². The van der Waals surface area contributed by atoms with Gasteiger partial charge in [-0.2, -0.15) is 16.3 Å². The van der Waals surface area contributed by atoms with Gasteiger partial charge in [-0.15, -0.1) is 10.2 Å². The third kappa shape index (κ3) is 3.23. The van der Waals surface area contributed by atoms with Crippen molar-refractivity contribution in [3.05, 3.63) is 46.9 Å². The molecule has 0 N–H and O–H groups in total. The molecule has 0 saturated heterocycles. The molecular formula is C17H15N5O2S2. The first-order valence-corrected chi connectivity index (χ1v) is 9.70. The second-order valence-corrected chi connectivity index (χ2v) is 7.10. The maximum atomic E-state index is 5.41. The van der Waals surface area contributed by atoms with Crippen molar-refractivity contribution in [3.8, 4) is 28.6 Å². The molecule has 0 fully saturated rings. The number of thiophene rings is 1. The summed E-state index contributed by atoms with van der Waals surface area (Å²) in [7, 11) is 3.57. The summed E-state index contributed by atoms with van der Waals surface area (Å²) in [5, 5.41) is 17.3. The Labute approximate surface area is 158 Å². The van der Waals surface area contributed by atoms with Gasteiger partial charge in [-0.1, -0.05) is 29.1 Å². The molecule has 1 aromatic carbocycles. The number of benzene rings is 1. The quantitative estimate of drug-likeness (QED) is 0.466. The predicted octanol–water partition coefficient (Wildman–Crippen LogP) is 3.89. The van der Waals surface area contributed by atoms with E-state index in [9.17, 15) is 0 Å². The number of ether oxygens (including phenoxy) is 1. The van der Waals surface area contributed by atoms with Crippen molar-refractivity contribution in [3.63, 3.8) is 0 Å². The van der Waals surface area contributed by atoms with Crippen LogP contribution < -0.4 is 4.74 Å². The Morgan fingerprint density at radius 1 is 1.23 bits per heavy atom. The number of methoxy groups -OCH3 is 1. The smallest absolute Gasteiger partial charge is 0.258 e. The van der Waals surface area contributed by atoms with Gasteiger partial charge in [0, 0.05) is 12.4 Å². The van der Waals surface area contributed by atoms with Crippen LogP contribution >= 0.6 is 23.1 Å². The molecule has 4 rings (SSSR count). The van der Waals surface area contributed by atoms with Crippen LogP contribution in [0.5, 0.6) is 5.75 Å². The summed E-state index contributed by atoms with van der Waals surface area (Å²) in [6, 6.07) is 9.70. The highest BCUT2D eigenvalue weighted by Crippen LogP contribution is 2.30. The first-order valence-electron chi connectivity index (χ1n) is 7.77. The standard InChI is InChI=1S/C17H15N5O2S2/c1-22-15(12-5-3-4-6-13(12)23-2)19-20-17(22)26-10-14-18-16(24-21-14)11-7-8-25-9-11/h3-9H,10H2,1-2H3. The average molecular weight is 385 g/mol. The van der Waals surface area contributed by atoms with Crippen LogP contribution in [-0.4, -0.2) is 32.0 Å². The highest BCUT2D eigenvalue weighted by molar-refractivity contribution is 7.98. The fourth-order valence-electron chi connectivity index (χ4n) is 2.45. The Balaban J connectivity index is 1.51. The summed E-state index contributed by atoms with van der Waals surface area (Å²) in [6.45, 7) is 0. The van der Waals surface area contributed by atoms with Crippen LogP contribution in [0.15, 0.2) is 50.8 Å². The second-order valence-electron chi connectivity index (χ2n) is 5.38. The Bertz CT molecular complexity index is 1010. The van der Waals surface area contributed by atoms with Crippen LogP contribution in [0.2, 0.25) is 0 Å². The minimum absolute atomic E-state index is 0.537. The van der Waals surface area contributed by atoms with Crippen LogP contribution in [0.25, 0.3) is 22.8 Å². The fraction of sp³-hybridized carbons (Fsp3) is 0.176. The van der Waals surface area contributed by atoms with E-state index in [0.717, 1.165) is 27.9 Å². The van der Waals surface area contributed by atoms with E-state index in [0.29, 0.717) is 17.5 Å². The predicted molar refractivity (Wildman–Crippen MR) is 100 cm³/mol. The second kappa shape index (κ2) is 7.30. The Morgan fingerprint density at radius 2 is 2.12 bits per heavy atom. The molecule has 0 atom stereocenters. The zero-order valence-corrected chi connectivity index (χ0v) is 15.8. The summed E-state index contributed by atoms with van der Waals surface area (Å²) < 4.78 is 12.7. The van der Waals surface area contributed by atoms with E-state index in [1.807, 2.05) is 52.7 Å². The summed E-state index contributed by atoms with van der Waals surface area (Å²) in [4.78, 5) is 4.42. The van der Waals surface area contributed by atoms with Gasteiger partial charge >= 0.3 is 0 Å². The van der Waals surface area contributed by atoms with E-state index in [4.69, 9.17) is 9.26 Å². The normalized spacial score (nSPS) is 11.0. The van der Waals surface area contributed by atoms with Crippen LogP contribution in [0.3, 0.4) is 0 Å². The molecule has 0 aliphatic carbocycles. The van der Waals surface area contributed by atoms with Crippen LogP contribution in [0, 0.1) is 0 Å². The minimum Gasteiger partial charge on any atom is -0.496 e. The van der Waals surface area contributed by atoms with E-state index >= 15 is 0 Å². The zero-order chi connectivity index (χ0) is 17.9. The summed E-state index contributed by atoms with van der Waals surface area (Å²) in [6.07, 6.45) is 0. The van der Waals surface area contributed by atoms with Gasteiger partial charge in [0.2, 0.25) is 0 Å². The number of hydrogen-bond acceptors (Lipinski definition) is 8. The fourth-order valence-corrected chi connectivity index (χ4v) is 3.83. The lowest BCUT2D eigenvalue weighted by atomic mass is 10.2. The molecule has 7 nitrogen and oxygen atoms in total. The first-order chi connectivity index (χ1) is 12.8. The van der Waals surface area contributed by atoms with Gasteiger partial charge in [-0.3, -0.25) is 0 Å². The zero-order valence-electron chi connectivity index (χ0n) is 14.1. The molecule has 0 saturated carbocycles. The van der Waals surface area contributed by atoms with E-state index in [2.05, 4.69) is 20.3 Å². The van der Waals surface area contributed by atoms with Gasteiger partial charge in [0.05, 0.1) is 24.0 Å². The third-order valence-corrected chi connectivity index (χ3v) is 5.45. The molecule has 132 valence electrons. The maximum Gasteiger partial charge on any atom is 0.258 e. The lowest BCUT2D eigenvalue weighted by molar-refractivity contribution is 0.416. The van der Waals surface area contributed by atoms with Gasteiger partial charge in [0.1, 0.15) is 5.75 Å². The Kier molecular flexibility index (Phi) is 4.72. The molecule has 0 bridgehead atoms.